The number of unbranched alkanes of at least 4 members (excludes halogenated alkanes) is 2. The largest absolute Gasteiger partial charge is 0.481 e. The number of carbonyl (C=O) groups is 1. The molecule has 2 aromatic rings. The fourth-order valence-electron chi connectivity index (χ4n) is 6.59. The van der Waals surface area contributed by atoms with Crippen molar-refractivity contribution in [2.75, 3.05) is 45.4 Å². The Morgan fingerprint density at radius 1 is 0.978 bits per heavy atom. The number of aliphatic carboxylic acids is 1. The maximum Gasteiger partial charge on any atom is 0.303 e. The molecule has 8 nitrogen and oxygen atoms in total. The van der Waals surface area contributed by atoms with Gasteiger partial charge in [0.05, 0.1) is 10.3 Å². The molecule has 45 heavy (non-hydrogen) atoms. The van der Waals surface area contributed by atoms with Crippen molar-refractivity contribution >= 4 is 34.1 Å². The number of nitrogens with zero attached hydrogens (tertiary/aromatic N) is 2. The summed E-state index contributed by atoms with van der Waals surface area (Å²) in [4.78, 5) is 13.8. The lowest BCUT2D eigenvalue weighted by Gasteiger charge is -2.30. The average molecular weight is 636 g/mol. The molecule has 0 aliphatic carbocycles. The summed E-state index contributed by atoms with van der Waals surface area (Å²) in [6, 6.07) is 14.0. The van der Waals surface area contributed by atoms with Crippen molar-refractivity contribution in [3.63, 3.8) is 0 Å². The summed E-state index contributed by atoms with van der Waals surface area (Å²) in [6.45, 7) is 9.22. The molecule has 0 amide bonds. The lowest BCUT2D eigenvalue weighted by Crippen LogP contribution is -2.30. The normalized spacial score (nSPS) is 20.5. The zero-order chi connectivity index (χ0) is 32.6. The standard InChI is InChI=1S/C36H46N2O6S/c1-35(2)29-26-27(45(41)42)19-20-31(29)38(23-25-44-5)32(35)16-8-6-9-17-33-36(3,21-24-43-4)28-14-11-12-15-30(28)37(33)22-13-7-10-18-34(39)40/h6,8-9,11-12,14-17,19-20,26H,7,10,13,18,21-25H2,1-5H3,(H-,39,40,41,42)/p+1. The smallest absolute Gasteiger partial charge is 0.303 e. The van der Waals surface area contributed by atoms with E-state index in [1.54, 1.807) is 20.3 Å². The third kappa shape index (κ3) is 7.55. The van der Waals surface area contributed by atoms with E-state index in [1.807, 2.05) is 18.2 Å². The van der Waals surface area contributed by atoms with Gasteiger partial charge in [0, 0.05) is 68.3 Å². The minimum absolute atomic E-state index is 0.200. The van der Waals surface area contributed by atoms with Gasteiger partial charge in [0.2, 0.25) is 5.69 Å². The van der Waals surface area contributed by atoms with E-state index in [-0.39, 0.29) is 17.3 Å². The van der Waals surface area contributed by atoms with Crippen LogP contribution in [0.2, 0.25) is 0 Å². The number of carboxylic acid groups (broad SMARTS) is 1. The molecule has 0 radical (unpaired) electrons. The van der Waals surface area contributed by atoms with E-state index in [0.717, 1.165) is 42.8 Å². The Labute approximate surface area is 270 Å². The van der Waals surface area contributed by atoms with E-state index in [4.69, 9.17) is 14.6 Å². The Hall–Kier alpha value is -3.37. The van der Waals surface area contributed by atoms with Crippen LogP contribution in [0.4, 0.5) is 11.4 Å². The monoisotopic (exact) mass is 635 g/mol. The number of anilines is 1. The number of allylic oxidation sites excluding steroid dienone is 6. The highest BCUT2D eigenvalue weighted by Crippen LogP contribution is 2.50. The Balaban J connectivity index is 1.63. The van der Waals surface area contributed by atoms with Gasteiger partial charge in [-0.25, -0.2) is 4.21 Å². The van der Waals surface area contributed by atoms with Crippen LogP contribution in [0.25, 0.3) is 0 Å². The summed E-state index contributed by atoms with van der Waals surface area (Å²) < 4.78 is 34.7. The number of ether oxygens (including phenoxy) is 2. The second-order valence-corrected chi connectivity index (χ2v) is 13.3. The quantitative estimate of drug-likeness (QED) is 0.0912. The van der Waals surface area contributed by atoms with Gasteiger partial charge in [-0.05, 0) is 69.9 Å². The molecule has 0 aromatic heterocycles. The second kappa shape index (κ2) is 15.3. The lowest BCUT2D eigenvalue weighted by atomic mass is 9.78. The molecule has 242 valence electrons. The fraction of sp³-hybridized carbons (Fsp3) is 0.444. The van der Waals surface area contributed by atoms with Crippen LogP contribution in [0, 0.1) is 0 Å². The first-order chi connectivity index (χ1) is 21.6. The highest BCUT2D eigenvalue weighted by atomic mass is 32.2. The Bertz CT molecular complexity index is 1530. The van der Waals surface area contributed by atoms with E-state index in [2.05, 4.69) is 78.8 Å². The van der Waals surface area contributed by atoms with Crippen LogP contribution in [0.3, 0.4) is 0 Å². The summed E-state index contributed by atoms with van der Waals surface area (Å²) in [6.07, 6.45) is 14.0. The van der Waals surface area contributed by atoms with E-state index in [0.29, 0.717) is 31.1 Å². The highest BCUT2D eigenvalue weighted by Gasteiger charge is 2.45. The van der Waals surface area contributed by atoms with Crippen molar-refractivity contribution in [1.82, 2.24) is 0 Å². The molecule has 2 heterocycles. The average Bonchev–Trinajstić information content (AvgIpc) is 3.37. The molecule has 2 aliphatic heterocycles. The Kier molecular flexibility index (Phi) is 11.7. The maximum absolute atomic E-state index is 11.8. The summed E-state index contributed by atoms with van der Waals surface area (Å²) in [5.41, 5.74) is 6.21. The first kappa shape index (κ1) is 34.5. The third-order valence-electron chi connectivity index (χ3n) is 9.04. The lowest BCUT2D eigenvalue weighted by molar-refractivity contribution is -0.441. The van der Waals surface area contributed by atoms with Gasteiger partial charge in [-0.3, -0.25) is 4.79 Å². The van der Waals surface area contributed by atoms with Crippen molar-refractivity contribution in [3.8, 4) is 0 Å². The van der Waals surface area contributed by atoms with E-state index in [1.165, 1.54) is 16.9 Å². The molecular formula is C36H47N2O6S+. The molecule has 2 atom stereocenters. The summed E-state index contributed by atoms with van der Waals surface area (Å²) >= 11 is -2.05. The minimum Gasteiger partial charge on any atom is -0.481 e. The van der Waals surface area contributed by atoms with Gasteiger partial charge in [0.15, 0.2) is 23.3 Å². The van der Waals surface area contributed by atoms with Crippen molar-refractivity contribution in [3.05, 3.63) is 89.7 Å². The van der Waals surface area contributed by atoms with Crippen LogP contribution in [0.15, 0.2) is 83.4 Å². The molecule has 0 spiro atoms. The predicted molar refractivity (Wildman–Crippen MR) is 180 cm³/mol. The maximum atomic E-state index is 11.8. The van der Waals surface area contributed by atoms with Crippen LogP contribution >= 0.6 is 0 Å². The number of para-hydroxylation sites is 1. The zero-order valence-corrected chi connectivity index (χ0v) is 27.9. The topological polar surface area (TPSA) is 99.3 Å². The highest BCUT2D eigenvalue weighted by molar-refractivity contribution is 7.79. The van der Waals surface area contributed by atoms with Gasteiger partial charge in [0.25, 0.3) is 0 Å². The van der Waals surface area contributed by atoms with Gasteiger partial charge in [-0.15, -0.1) is 0 Å². The predicted octanol–water partition coefficient (Wildman–Crippen LogP) is 6.75. The number of hydrogen-bond acceptors (Lipinski definition) is 5. The number of benzene rings is 2. The number of carboxylic acids is 1. The summed E-state index contributed by atoms with van der Waals surface area (Å²) in [5.74, 6) is -0.747. The summed E-state index contributed by atoms with van der Waals surface area (Å²) in [7, 11) is 3.42. The molecular weight excluding hydrogens is 588 g/mol. The molecule has 2 unspecified atom stereocenters. The summed E-state index contributed by atoms with van der Waals surface area (Å²) in [5, 5.41) is 9.04. The fourth-order valence-corrected chi connectivity index (χ4v) is 7.00. The molecule has 0 bridgehead atoms. The molecule has 0 saturated carbocycles. The molecule has 9 heteroatoms. The third-order valence-corrected chi connectivity index (χ3v) is 9.70. The zero-order valence-electron chi connectivity index (χ0n) is 27.1. The van der Waals surface area contributed by atoms with Gasteiger partial charge in [-0.2, -0.15) is 4.58 Å². The molecule has 2 N–H and O–H groups in total. The van der Waals surface area contributed by atoms with Gasteiger partial charge < -0.3 is 24.0 Å². The van der Waals surface area contributed by atoms with Gasteiger partial charge >= 0.3 is 5.97 Å². The number of hydrogen-bond donors (Lipinski definition) is 2. The Morgan fingerprint density at radius 2 is 1.73 bits per heavy atom. The number of rotatable bonds is 16. The first-order valence-electron chi connectivity index (χ1n) is 15.6. The van der Waals surface area contributed by atoms with E-state index in [9.17, 15) is 13.6 Å². The molecule has 0 fully saturated rings. The van der Waals surface area contributed by atoms with Crippen LogP contribution in [0.1, 0.15) is 64.0 Å². The van der Waals surface area contributed by atoms with Gasteiger partial charge in [-0.1, -0.05) is 42.8 Å². The molecule has 2 aliphatic rings. The van der Waals surface area contributed by atoms with Crippen molar-refractivity contribution in [2.45, 2.75) is 68.6 Å². The van der Waals surface area contributed by atoms with Crippen LogP contribution in [-0.4, -0.2) is 70.6 Å². The van der Waals surface area contributed by atoms with Crippen LogP contribution < -0.4 is 4.90 Å². The number of fused-ring (bicyclic) bond motifs is 2. The molecule has 0 saturated heterocycles. The van der Waals surface area contributed by atoms with Crippen molar-refractivity contribution < 1.29 is 32.7 Å². The van der Waals surface area contributed by atoms with Crippen LogP contribution in [0.5, 0.6) is 0 Å². The molecule has 4 rings (SSSR count). The van der Waals surface area contributed by atoms with Crippen molar-refractivity contribution in [2.24, 2.45) is 0 Å². The van der Waals surface area contributed by atoms with E-state index < -0.39 is 17.0 Å². The van der Waals surface area contributed by atoms with Gasteiger partial charge in [0.1, 0.15) is 6.61 Å². The number of methoxy groups -OCH3 is 2. The first-order valence-corrected chi connectivity index (χ1v) is 16.7. The second-order valence-electron chi connectivity index (χ2n) is 12.3. The molecule has 2 aromatic carbocycles. The van der Waals surface area contributed by atoms with Crippen LogP contribution in [-0.2, 0) is 36.2 Å². The minimum atomic E-state index is -2.05. The van der Waals surface area contributed by atoms with E-state index >= 15 is 0 Å². The van der Waals surface area contributed by atoms with Crippen molar-refractivity contribution in [1.29, 1.82) is 0 Å². The Morgan fingerprint density at radius 3 is 2.44 bits per heavy atom. The SMILES string of the molecule is COCC[N+]1=C(/C=C/C=C/C=C2/N(CCCCCC(=O)O)c3ccccc3C2(C)CCOC)C(C)(C)c2cc(S(=O)O)ccc21.